The van der Waals surface area contributed by atoms with Gasteiger partial charge < -0.3 is 10.6 Å². The highest BCUT2D eigenvalue weighted by molar-refractivity contribution is 6.31. The number of amides is 1. The second kappa shape index (κ2) is 5.74. The lowest BCUT2D eigenvalue weighted by molar-refractivity contribution is -0.118. The zero-order valence-electron chi connectivity index (χ0n) is 11.6. The Morgan fingerprint density at radius 3 is 2.95 bits per heavy atom. The van der Waals surface area contributed by atoms with Crippen LogP contribution in [0.25, 0.3) is 0 Å². The molecule has 2 N–H and O–H groups in total. The summed E-state index contributed by atoms with van der Waals surface area (Å²) >= 11 is 6.16. The number of rotatable bonds is 2. The van der Waals surface area contributed by atoms with E-state index in [1.165, 1.54) is 0 Å². The summed E-state index contributed by atoms with van der Waals surface area (Å²) in [5, 5.41) is 0.576. The summed E-state index contributed by atoms with van der Waals surface area (Å²) in [6, 6.07) is 7.55. The van der Waals surface area contributed by atoms with Crippen LogP contribution in [0.4, 0.5) is 11.4 Å². The van der Waals surface area contributed by atoms with Crippen molar-refractivity contribution >= 4 is 28.9 Å². The molecule has 108 valence electrons. The van der Waals surface area contributed by atoms with Gasteiger partial charge in [-0.3, -0.25) is 9.78 Å². The lowest BCUT2D eigenvalue weighted by atomic mass is 10.1. The van der Waals surface area contributed by atoms with Crippen molar-refractivity contribution in [2.24, 2.45) is 0 Å². The minimum atomic E-state index is 0.117. The molecule has 2 heterocycles. The molecule has 0 unspecified atom stereocenters. The number of carbonyl (C=O) groups excluding carboxylic acids is 1. The summed E-state index contributed by atoms with van der Waals surface area (Å²) in [6.45, 7) is 0.455. The van der Waals surface area contributed by atoms with Gasteiger partial charge in [0, 0.05) is 30.2 Å². The first-order valence-corrected chi connectivity index (χ1v) is 7.30. The second-order valence-electron chi connectivity index (χ2n) is 5.19. The van der Waals surface area contributed by atoms with Crippen LogP contribution >= 0.6 is 11.6 Å². The number of hydrogen-bond acceptors (Lipinski definition) is 3. The molecule has 0 saturated carbocycles. The van der Waals surface area contributed by atoms with Gasteiger partial charge >= 0.3 is 0 Å². The maximum Gasteiger partial charge on any atom is 0.227 e. The number of aryl methyl sites for hydroxylation is 1. The lowest BCUT2D eigenvalue weighted by Crippen LogP contribution is -2.29. The van der Waals surface area contributed by atoms with E-state index in [0.717, 1.165) is 35.3 Å². The van der Waals surface area contributed by atoms with Crippen molar-refractivity contribution < 1.29 is 4.79 Å². The van der Waals surface area contributed by atoms with Gasteiger partial charge in [0.15, 0.2) is 0 Å². The normalized spacial score (nSPS) is 14.7. The molecule has 0 spiro atoms. The van der Waals surface area contributed by atoms with E-state index < -0.39 is 0 Å². The summed E-state index contributed by atoms with van der Waals surface area (Å²) in [5.74, 6) is 0.117. The summed E-state index contributed by atoms with van der Waals surface area (Å²) in [7, 11) is 0. The van der Waals surface area contributed by atoms with E-state index in [1.807, 2.05) is 24.3 Å². The number of benzene rings is 1. The fraction of sp³-hybridized carbons (Fsp3) is 0.250. The van der Waals surface area contributed by atoms with Crippen LogP contribution in [-0.4, -0.2) is 10.9 Å². The minimum absolute atomic E-state index is 0.117. The average Bonchev–Trinajstić information content (AvgIpc) is 2.61. The molecule has 1 amide bonds. The van der Waals surface area contributed by atoms with Crippen LogP contribution in [0.15, 0.2) is 36.7 Å². The highest BCUT2D eigenvalue weighted by Crippen LogP contribution is 2.31. The molecule has 2 aromatic rings. The summed E-state index contributed by atoms with van der Waals surface area (Å²) in [5.41, 5.74) is 9.52. The Kier molecular flexibility index (Phi) is 3.80. The van der Waals surface area contributed by atoms with Crippen molar-refractivity contribution in [3.63, 3.8) is 0 Å². The molecule has 1 aliphatic heterocycles. The maximum absolute atomic E-state index is 12.4. The van der Waals surface area contributed by atoms with E-state index >= 15 is 0 Å². The van der Waals surface area contributed by atoms with Gasteiger partial charge in [-0.05, 0) is 48.2 Å². The molecule has 0 atom stereocenters. The topological polar surface area (TPSA) is 59.2 Å². The number of aromatic nitrogens is 1. The molecule has 1 aliphatic rings. The number of anilines is 2. The highest BCUT2D eigenvalue weighted by atomic mass is 35.5. The molecule has 0 aliphatic carbocycles. The predicted molar refractivity (Wildman–Crippen MR) is 84.2 cm³/mol. The first-order chi connectivity index (χ1) is 10.1. The average molecular weight is 302 g/mol. The van der Waals surface area contributed by atoms with Gasteiger partial charge in [-0.15, -0.1) is 0 Å². The van der Waals surface area contributed by atoms with Crippen LogP contribution in [0.3, 0.4) is 0 Å². The Labute approximate surface area is 128 Å². The molecule has 0 saturated heterocycles. The Morgan fingerprint density at radius 1 is 1.29 bits per heavy atom. The number of nitrogen functional groups attached to an aromatic ring is 1. The summed E-state index contributed by atoms with van der Waals surface area (Å²) in [6.07, 6.45) is 5.54. The van der Waals surface area contributed by atoms with Crippen LogP contribution in [0.5, 0.6) is 0 Å². The van der Waals surface area contributed by atoms with Gasteiger partial charge in [0.1, 0.15) is 0 Å². The molecule has 1 aromatic heterocycles. The number of pyridine rings is 1. The number of hydrogen-bond donors (Lipinski definition) is 1. The molecule has 1 aromatic carbocycles. The molecule has 0 radical (unpaired) electrons. The van der Waals surface area contributed by atoms with Crippen molar-refractivity contribution in [3.05, 3.63) is 52.8 Å². The zero-order valence-corrected chi connectivity index (χ0v) is 12.3. The zero-order chi connectivity index (χ0) is 14.8. The number of nitrogens with two attached hydrogens (primary N) is 1. The van der Waals surface area contributed by atoms with Crippen molar-refractivity contribution in [2.75, 3.05) is 10.6 Å². The second-order valence-corrected chi connectivity index (χ2v) is 5.60. The van der Waals surface area contributed by atoms with Crippen LogP contribution in [-0.2, 0) is 17.8 Å². The Bertz CT molecular complexity index is 687. The number of fused-ring (bicyclic) bond motifs is 1. The molecule has 21 heavy (non-hydrogen) atoms. The van der Waals surface area contributed by atoms with Crippen molar-refractivity contribution in [2.45, 2.75) is 25.8 Å². The van der Waals surface area contributed by atoms with Gasteiger partial charge in [0.25, 0.3) is 0 Å². The van der Waals surface area contributed by atoms with Crippen LogP contribution < -0.4 is 10.6 Å². The predicted octanol–water partition coefficient (Wildman–Crippen LogP) is 3.19. The van der Waals surface area contributed by atoms with Crippen LogP contribution in [0.2, 0.25) is 5.02 Å². The number of nitrogens with zero attached hydrogens (tertiary/aromatic N) is 2. The molecular weight excluding hydrogens is 286 g/mol. The number of halogens is 1. The van der Waals surface area contributed by atoms with Gasteiger partial charge in [-0.25, -0.2) is 0 Å². The quantitative estimate of drug-likeness (QED) is 0.867. The third-order valence-electron chi connectivity index (χ3n) is 3.72. The van der Waals surface area contributed by atoms with E-state index in [4.69, 9.17) is 17.3 Å². The van der Waals surface area contributed by atoms with E-state index in [0.29, 0.717) is 18.0 Å². The first kappa shape index (κ1) is 13.9. The minimum Gasteiger partial charge on any atom is -0.399 e. The van der Waals surface area contributed by atoms with Crippen LogP contribution in [0, 0.1) is 0 Å². The smallest absolute Gasteiger partial charge is 0.227 e. The van der Waals surface area contributed by atoms with Crippen molar-refractivity contribution in [3.8, 4) is 0 Å². The standard InChI is InChI=1S/C16H16ClN3O/c17-14-9-19-7-6-12(14)10-20-15-5-4-13(18)8-11(15)2-1-3-16(20)21/h4-9H,1-3,10,18H2. The molecule has 0 fully saturated rings. The lowest BCUT2D eigenvalue weighted by Gasteiger charge is -2.23. The fourth-order valence-corrected chi connectivity index (χ4v) is 2.82. The van der Waals surface area contributed by atoms with E-state index in [1.54, 1.807) is 17.3 Å². The Hall–Kier alpha value is -2.07. The fourth-order valence-electron chi connectivity index (χ4n) is 2.64. The Morgan fingerprint density at radius 2 is 2.14 bits per heavy atom. The van der Waals surface area contributed by atoms with E-state index in [9.17, 15) is 4.79 Å². The van der Waals surface area contributed by atoms with Gasteiger partial charge in [0.05, 0.1) is 11.6 Å². The van der Waals surface area contributed by atoms with E-state index in [-0.39, 0.29) is 5.91 Å². The Balaban J connectivity index is 2.00. The van der Waals surface area contributed by atoms with Crippen LogP contribution in [0.1, 0.15) is 24.0 Å². The summed E-state index contributed by atoms with van der Waals surface area (Å²) < 4.78 is 0. The first-order valence-electron chi connectivity index (χ1n) is 6.92. The molecule has 0 bridgehead atoms. The molecule has 4 nitrogen and oxygen atoms in total. The van der Waals surface area contributed by atoms with Crippen molar-refractivity contribution in [1.82, 2.24) is 4.98 Å². The monoisotopic (exact) mass is 301 g/mol. The summed E-state index contributed by atoms with van der Waals surface area (Å²) in [4.78, 5) is 18.2. The molecular formula is C16H16ClN3O. The SMILES string of the molecule is Nc1ccc2c(c1)CCCC(=O)N2Cc1ccncc1Cl. The number of carbonyl (C=O) groups is 1. The largest absolute Gasteiger partial charge is 0.399 e. The van der Waals surface area contributed by atoms with E-state index in [2.05, 4.69) is 4.98 Å². The third kappa shape index (κ3) is 2.85. The maximum atomic E-state index is 12.4. The van der Waals surface area contributed by atoms with Gasteiger partial charge in [0.2, 0.25) is 5.91 Å². The van der Waals surface area contributed by atoms with Crippen molar-refractivity contribution in [1.29, 1.82) is 0 Å². The molecule has 5 heteroatoms. The third-order valence-corrected chi connectivity index (χ3v) is 4.06. The molecule has 3 rings (SSSR count). The van der Waals surface area contributed by atoms with Gasteiger partial charge in [-0.1, -0.05) is 11.6 Å². The van der Waals surface area contributed by atoms with Gasteiger partial charge in [-0.2, -0.15) is 0 Å². The highest BCUT2D eigenvalue weighted by Gasteiger charge is 2.23.